The lowest BCUT2D eigenvalue weighted by molar-refractivity contribution is -0.122. The summed E-state index contributed by atoms with van der Waals surface area (Å²) < 4.78 is 5.41. The quantitative estimate of drug-likeness (QED) is 0.878. The molecular weight excluding hydrogens is 256 g/mol. The van der Waals surface area contributed by atoms with Crippen LogP contribution in [0, 0.1) is 5.92 Å². The third-order valence-electron chi connectivity index (χ3n) is 4.24. The van der Waals surface area contributed by atoms with Crippen molar-refractivity contribution in [2.24, 2.45) is 11.7 Å². The molecule has 2 aliphatic rings. The Morgan fingerprint density at radius 3 is 2.75 bits per heavy atom. The van der Waals surface area contributed by atoms with Gasteiger partial charge in [0.2, 0.25) is 5.91 Å². The van der Waals surface area contributed by atoms with Crippen molar-refractivity contribution in [3.8, 4) is 0 Å². The number of nitrogens with two attached hydrogens (primary N) is 1. The van der Waals surface area contributed by atoms with Crippen molar-refractivity contribution in [2.75, 3.05) is 31.2 Å². The van der Waals surface area contributed by atoms with Gasteiger partial charge in [-0.2, -0.15) is 0 Å². The second-order valence-electron chi connectivity index (χ2n) is 5.53. The summed E-state index contributed by atoms with van der Waals surface area (Å²) in [7, 11) is 0. The standard InChI is InChI=1S/C14H20N4O2/c15-14(19)10-1-4-18(5-2-10)13-7-12(16-9-17-13)11-3-6-20-8-11/h7,9-11H,1-6,8H2,(H2,15,19). The fourth-order valence-electron chi connectivity index (χ4n) is 2.92. The second-order valence-corrected chi connectivity index (χ2v) is 5.53. The van der Waals surface area contributed by atoms with E-state index in [1.807, 2.05) is 0 Å². The lowest BCUT2D eigenvalue weighted by Crippen LogP contribution is -2.39. The summed E-state index contributed by atoms with van der Waals surface area (Å²) in [5, 5.41) is 0. The molecule has 0 radical (unpaired) electrons. The maximum atomic E-state index is 11.2. The van der Waals surface area contributed by atoms with Crippen LogP contribution in [-0.4, -0.2) is 42.2 Å². The highest BCUT2D eigenvalue weighted by atomic mass is 16.5. The first-order chi connectivity index (χ1) is 9.74. The molecule has 1 amide bonds. The summed E-state index contributed by atoms with van der Waals surface area (Å²) in [4.78, 5) is 22.1. The number of nitrogens with zero attached hydrogens (tertiary/aromatic N) is 3. The van der Waals surface area contributed by atoms with E-state index in [0.717, 1.165) is 57.1 Å². The molecule has 1 atom stereocenters. The number of ether oxygens (including phenoxy) is 1. The SMILES string of the molecule is NC(=O)C1CCN(c2cc(C3CCOC3)ncn2)CC1. The first-order valence-electron chi connectivity index (χ1n) is 7.18. The minimum absolute atomic E-state index is 0.00999. The normalized spacial score (nSPS) is 24.0. The van der Waals surface area contributed by atoms with Crippen LogP contribution in [0.5, 0.6) is 0 Å². The molecule has 0 spiro atoms. The Morgan fingerprint density at radius 1 is 1.30 bits per heavy atom. The monoisotopic (exact) mass is 276 g/mol. The van der Waals surface area contributed by atoms with Gasteiger partial charge in [-0.1, -0.05) is 0 Å². The molecule has 0 bridgehead atoms. The molecule has 6 nitrogen and oxygen atoms in total. The van der Waals surface area contributed by atoms with Gasteiger partial charge in [0.15, 0.2) is 0 Å². The van der Waals surface area contributed by atoms with Gasteiger partial charge in [-0.15, -0.1) is 0 Å². The second kappa shape index (κ2) is 5.75. The lowest BCUT2D eigenvalue weighted by Gasteiger charge is -2.31. The van der Waals surface area contributed by atoms with Crippen molar-refractivity contribution < 1.29 is 9.53 Å². The van der Waals surface area contributed by atoms with Crippen LogP contribution in [0.15, 0.2) is 12.4 Å². The van der Waals surface area contributed by atoms with Crippen molar-refractivity contribution in [2.45, 2.75) is 25.2 Å². The third kappa shape index (κ3) is 2.75. The molecule has 1 aromatic rings. The van der Waals surface area contributed by atoms with Crippen LogP contribution in [0.25, 0.3) is 0 Å². The predicted molar refractivity (Wildman–Crippen MR) is 74.3 cm³/mol. The zero-order valence-corrected chi connectivity index (χ0v) is 11.5. The Labute approximate surface area is 118 Å². The maximum Gasteiger partial charge on any atom is 0.220 e. The zero-order valence-electron chi connectivity index (χ0n) is 11.5. The van der Waals surface area contributed by atoms with Crippen molar-refractivity contribution in [1.29, 1.82) is 0 Å². The van der Waals surface area contributed by atoms with Gasteiger partial charge in [-0.05, 0) is 19.3 Å². The number of rotatable bonds is 3. The average molecular weight is 276 g/mol. The van der Waals surface area contributed by atoms with E-state index in [0.29, 0.717) is 5.92 Å². The number of carbonyl (C=O) groups excluding carboxylic acids is 1. The molecule has 1 aromatic heterocycles. The van der Waals surface area contributed by atoms with E-state index in [-0.39, 0.29) is 11.8 Å². The van der Waals surface area contributed by atoms with E-state index in [1.54, 1.807) is 6.33 Å². The molecule has 2 N–H and O–H groups in total. The van der Waals surface area contributed by atoms with Crippen LogP contribution in [0.1, 0.15) is 30.9 Å². The summed E-state index contributed by atoms with van der Waals surface area (Å²) in [6.07, 6.45) is 4.27. The molecule has 0 saturated carbocycles. The molecule has 0 aliphatic carbocycles. The molecule has 0 aromatic carbocycles. The Hall–Kier alpha value is -1.69. The smallest absolute Gasteiger partial charge is 0.220 e. The average Bonchev–Trinajstić information content (AvgIpc) is 3.02. The number of hydrogen-bond donors (Lipinski definition) is 1. The Bertz CT molecular complexity index is 480. The summed E-state index contributed by atoms with van der Waals surface area (Å²) in [5.41, 5.74) is 6.42. The van der Waals surface area contributed by atoms with Crippen molar-refractivity contribution in [3.63, 3.8) is 0 Å². The van der Waals surface area contributed by atoms with E-state index in [2.05, 4.69) is 20.9 Å². The first kappa shape index (κ1) is 13.3. The Kier molecular flexibility index (Phi) is 3.82. The van der Waals surface area contributed by atoms with Gasteiger partial charge in [0.25, 0.3) is 0 Å². The molecule has 2 fully saturated rings. The third-order valence-corrected chi connectivity index (χ3v) is 4.24. The molecular formula is C14H20N4O2. The van der Waals surface area contributed by atoms with Gasteiger partial charge < -0.3 is 15.4 Å². The van der Waals surface area contributed by atoms with Crippen molar-refractivity contribution in [3.05, 3.63) is 18.1 Å². The van der Waals surface area contributed by atoms with Crippen molar-refractivity contribution >= 4 is 11.7 Å². The fraction of sp³-hybridized carbons (Fsp3) is 0.643. The number of anilines is 1. The Balaban J connectivity index is 1.68. The summed E-state index contributed by atoms with van der Waals surface area (Å²) in [6.45, 7) is 3.21. The van der Waals surface area contributed by atoms with Gasteiger partial charge >= 0.3 is 0 Å². The number of hydrogen-bond acceptors (Lipinski definition) is 5. The maximum absolute atomic E-state index is 11.2. The molecule has 1 unspecified atom stereocenters. The topological polar surface area (TPSA) is 81.3 Å². The summed E-state index contributed by atoms with van der Waals surface area (Å²) in [6, 6.07) is 2.06. The number of carbonyl (C=O) groups is 1. The lowest BCUT2D eigenvalue weighted by atomic mass is 9.96. The predicted octanol–water partition coefficient (Wildman–Crippen LogP) is 0.682. The fourth-order valence-corrected chi connectivity index (χ4v) is 2.92. The molecule has 20 heavy (non-hydrogen) atoms. The number of aromatic nitrogens is 2. The molecule has 6 heteroatoms. The molecule has 108 valence electrons. The van der Waals surface area contributed by atoms with E-state index in [9.17, 15) is 4.79 Å². The van der Waals surface area contributed by atoms with Crippen molar-refractivity contribution in [1.82, 2.24) is 9.97 Å². The number of amides is 1. The van der Waals surface area contributed by atoms with E-state index >= 15 is 0 Å². The summed E-state index contributed by atoms with van der Waals surface area (Å²) in [5.74, 6) is 1.16. The van der Waals surface area contributed by atoms with E-state index < -0.39 is 0 Å². The largest absolute Gasteiger partial charge is 0.381 e. The van der Waals surface area contributed by atoms with Crippen LogP contribution in [0.3, 0.4) is 0 Å². The van der Waals surface area contributed by atoms with Crippen LogP contribution in [-0.2, 0) is 9.53 Å². The number of primary amides is 1. The first-order valence-corrected chi connectivity index (χ1v) is 7.18. The zero-order chi connectivity index (χ0) is 13.9. The highest BCUT2D eigenvalue weighted by Gasteiger charge is 2.25. The highest BCUT2D eigenvalue weighted by Crippen LogP contribution is 2.27. The van der Waals surface area contributed by atoms with Gasteiger partial charge in [-0.3, -0.25) is 4.79 Å². The van der Waals surface area contributed by atoms with Crippen LogP contribution in [0.4, 0.5) is 5.82 Å². The number of piperidine rings is 1. The molecule has 2 aliphatic heterocycles. The highest BCUT2D eigenvalue weighted by molar-refractivity contribution is 5.76. The summed E-state index contributed by atoms with van der Waals surface area (Å²) >= 11 is 0. The van der Waals surface area contributed by atoms with Gasteiger partial charge in [0.05, 0.1) is 12.3 Å². The Morgan fingerprint density at radius 2 is 2.10 bits per heavy atom. The molecule has 2 saturated heterocycles. The minimum atomic E-state index is -0.184. The van der Waals surface area contributed by atoms with Crippen LogP contribution < -0.4 is 10.6 Å². The van der Waals surface area contributed by atoms with Gasteiger partial charge in [0, 0.05) is 37.6 Å². The van der Waals surface area contributed by atoms with Gasteiger partial charge in [-0.25, -0.2) is 9.97 Å². The van der Waals surface area contributed by atoms with Crippen LogP contribution in [0.2, 0.25) is 0 Å². The minimum Gasteiger partial charge on any atom is -0.381 e. The van der Waals surface area contributed by atoms with E-state index in [4.69, 9.17) is 10.5 Å². The van der Waals surface area contributed by atoms with Gasteiger partial charge in [0.1, 0.15) is 12.1 Å². The molecule has 3 rings (SSSR count). The van der Waals surface area contributed by atoms with E-state index in [1.165, 1.54) is 0 Å². The molecule has 3 heterocycles. The van der Waals surface area contributed by atoms with Crippen LogP contribution >= 0.6 is 0 Å².